The number of benzene rings is 3. The molecule has 10 nitrogen and oxygen atoms in total. The van der Waals surface area contributed by atoms with Gasteiger partial charge in [-0.05, 0) is 61.6 Å². The number of esters is 1. The lowest BCUT2D eigenvalue weighted by Crippen LogP contribution is -2.47. The second kappa shape index (κ2) is 13.4. The fraction of sp³-hybridized carbons (Fsp3) is 0.344. The van der Waals surface area contributed by atoms with Gasteiger partial charge < -0.3 is 19.7 Å². The van der Waals surface area contributed by atoms with Crippen LogP contribution in [0, 0.1) is 6.92 Å². The Morgan fingerprint density at radius 2 is 1.90 bits per heavy atom. The van der Waals surface area contributed by atoms with Crippen LogP contribution in [0.1, 0.15) is 45.9 Å². The first kappa shape index (κ1) is 28.9. The zero-order valence-corrected chi connectivity index (χ0v) is 23.9. The predicted octanol–water partition coefficient (Wildman–Crippen LogP) is 3.63. The minimum atomic E-state index is -0.954. The number of hydrogen-bond acceptors (Lipinski definition) is 7. The van der Waals surface area contributed by atoms with Crippen LogP contribution in [0.5, 0.6) is 0 Å². The molecule has 4 aromatic rings. The monoisotopic (exact) mass is 569 g/mol. The van der Waals surface area contributed by atoms with Gasteiger partial charge in [-0.15, -0.1) is 5.10 Å². The summed E-state index contributed by atoms with van der Waals surface area (Å²) in [6, 6.07) is 21.2. The van der Waals surface area contributed by atoms with E-state index >= 15 is 0 Å². The molecule has 1 saturated heterocycles. The number of fused-ring (bicyclic) bond motifs is 1. The van der Waals surface area contributed by atoms with E-state index in [1.165, 1.54) is 7.11 Å². The van der Waals surface area contributed by atoms with Gasteiger partial charge in [0, 0.05) is 19.7 Å². The van der Waals surface area contributed by atoms with Gasteiger partial charge in [0.25, 0.3) is 0 Å². The standard InChI is InChI=1S/C32H35N5O5/c1-22-7-5-8-23(19-22)16-17-36(29(38)21-37-28-11-4-3-10-27(28)34-35-37)30(31(39)33-20-26-9-6-18-42-26)24-12-14-25(15-13-24)32(40)41-2/h3-5,7-8,10-15,19,26,30H,6,9,16-18,20-21H2,1-2H3,(H,33,39)/t26-,30+/m1/s1. The highest BCUT2D eigenvalue weighted by atomic mass is 16.5. The number of amides is 2. The molecule has 1 aliphatic heterocycles. The van der Waals surface area contributed by atoms with E-state index in [1.54, 1.807) is 33.8 Å². The molecule has 2 atom stereocenters. The lowest BCUT2D eigenvalue weighted by Gasteiger charge is -2.32. The number of hydrogen-bond donors (Lipinski definition) is 1. The van der Waals surface area contributed by atoms with Crippen molar-refractivity contribution in [1.82, 2.24) is 25.2 Å². The molecule has 10 heteroatoms. The molecule has 2 amide bonds. The van der Waals surface area contributed by atoms with Crippen LogP contribution in [0.25, 0.3) is 11.0 Å². The maximum Gasteiger partial charge on any atom is 0.337 e. The topological polar surface area (TPSA) is 116 Å². The number of aromatic nitrogens is 3. The largest absolute Gasteiger partial charge is 0.465 e. The van der Waals surface area contributed by atoms with E-state index in [-0.39, 0.29) is 31.0 Å². The highest BCUT2D eigenvalue weighted by Crippen LogP contribution is 2.25. The normalized spacial score (nSPS) is 15.3. The van der Waals surface area contributed by atoms with Crippen molar-refractivity contribution in [1.29, 1.82) is 0 Å². The molecule has 1 aromatic heterocycles. The highest BCUT2D eigenvalue weighted by Gasteiger charge is 2.32. The Kier molecular flexibility index (Phi) is 9.23. The van der Waals surface area contributed by atoms with Gasteiger partial charge in [-0.1, -0.05) is 59.3 Å². The third-order valence-electron chi connectivity index (χ3n) is 7.48. The van der Waals surface area contributed by atoms with Gasteiger partial charge in [0.2, 0.25) is 11.8 Å². The first-order valence-electron chi connectivity index (χ1n) is 14.1. The van der Waals surface area contributed by atoms with Crippen molar-refractivity contribution in [2.24, 2.45) is 0 Å². The third-order valence-corrected chi connectivity index (χ3v) is 7.48. The van der Waals surface area contributed by atoms with Crippen LogP contribution in [-0.2, 0) is 32.0 Å². The van der Waals surface area contributed by atoms with Gasteiger partial charge in [-0.25, -0.2) is 9.48 Å². The second-order valence-electron chi connectivity index (χ2n) is 10.5. The summed E-state index contributed by atoms with van der Waals surface area (Å²) < 4.78 is 12.1. The van der Waals surface area contributed by atoms with E-state index in [0.717, 1.165) is 29.5 Å². The molecule has 218 valence electrons. The van der Waals surface area contributed by atoms with Crippen LogP contribution in [0.3, 0.4) is 0 Å². The summed E-state index contributed by atoms with van der Waals surface area (Å²) in [5.41, 5.74) is 4.51. The van der Waals surface area contributed by atoms with Crippen LogP contribution in [0.4, 0.5) is 0 Å². The Balaban J connectivity index is 1.48. The van der Waals surface area contributed by atoms with Crippen molar-refractivity contribution in [3.8, 4) is 0 Å². The van der Waals surface area contributed by atoms with Crippen molar-refractivity contribution in [3.63, 3.8) is 0 Å². The highest BCUT2D eigenvalue weighted by molar-refractivity contribution is 5.91. The minimum Gasteiger partial charge on any atom is -0.465 e. The molecule has 1 fully saturated rings. The molecule has 0 bridgehead atoms. The van der Waals surface area contributed by atoms with Gasteiger partial charge in [-0.2, -0.15) is 0 Å². The van der Waals surface area contributed by atoms with Crippen molar-refractivity contribution in [2.75, 3.05) is 26.8 Å². The number of methoxy groups -OCH3 is 1. The number of rotatable bonds is 11. The average Bonchev–Trinajstić information content (AvgIpc) is 3.68. The molecule has 0 spiro atoms. The van der Waals surface area contributed by atoms with E-state index in [1.807, 2.05) is 49.4 Å². The van der Waals surface area contributed by atoms with Crippen molar-refractivity contribution >= 4 is 28.8 Å². The molecular formula is C32H35N5O5. The fourth-order valence-electron chi connectivity index (χ4n) is 5.28. The van der Waals surface area contributed by atoms with Crippen LogP contribution < -0.4 is 5.32 Å². The van der Waals surface area contributed by atoms with Gasteiger partial charge in [0.05, 0.1) is 24.3 Å². The number of nitrogens with zero attached hydrogens (tertiary/aromatic N) is 4. The van der Waals surface area contributed by atoms with E-state index in [0.29, 0.717) is 36.2 Å². The third kappa shape index (κ3) is 6.83. The van der Waals surface area contributed by atoms with Crippen LogP contribution in [-0.4, -0.2) is 70.6 Å². The summed E-state index contributed by atoms with van der Waals surface area (Å²) in [5.74, 6) is -1.09. The molecule has 0 aliphatic carbocycles. The zero-order chi connectivity index (χ0) is 29.5. The number of ether oxygens (including phenoxy) is 2. The molecule has 5 rings (SSSR count). The molecule has 3 aromatic carbocycles. The number of nitrogens with one attached hydrogen (secondary N) is 1. The SMILES string of the molecule is COC(=O)c1ccc([C@@H](C(=O)NC[C@H]2CCCO2)N(CCc2cccc(C)c2)C(=O)Cn2nnc3ccccc32)cc1. The molecule has 0 saturated carbocycles. The van der Waals surface area contributed by atoms with Crippen LogP contribution >= 0.6 is 0 Å². The Morgan fingerprint density at radius 3 is 2.64 bits per heavy atom. The van der Waals surface area contributed by atoms with Gasteiger partial charge in [-0.3, -0.25) is 9.59 Å². The Hall–Kier alpha value is -4.57. The van der Waals surface area contributed by atoms with Crippen LogP contribution in [0.15, 0.2) is 72.8 Å². The Labute approximate surface area is 244 Å². The number of carbonyl (C=O) groups is 3. The summed E-state index contributed by atoms with van der Waals surface area (Å²) in [7, 11) is 1.32. The summed E-state index contributed by atoms with van der Waals surface area (Å²) in [6.45, 7) is 3.23. The van der Waals surface area contributed by atoms with Gasteiger partial charge in [0.1, 0.15) is 18.1 Å². The smallest absolute Gasteiger partial charge is 0.337 e. The molecule has 0 unspecified atom stereocenters. The Bertz CT molecular complexity index is 1540. The maximum absolute atomic E-state index is 14.1. The summed E-state index contributed by atoms with van der Waals surface area (Å²) in [6.07, 6.45) is 2.30. The van der Waals surface area contributed by atoms with E-state index in [4.69, 9.17) is 9.47 Å². The summed E-state index contributed by atoms with van der Waals surface area (Å²) >= 11 is 0. The molecule has 2 heterocycles. The van der Waals surface area contributed by atoms with Crippen molar-refractivity contribution in [2.45, 2.75) is 44.9 Å². The maximum atomic E-state index is 14.1. The predicted molar refractivity (Wildman–Crippen MR) is 157 cm³/mol. The van der Waals surface area contributed by atoms with Crippen molar-refractivity contribution in [3.05, 3.63) is 95.1 Å². The molecule has 1 aliphatic rings. The number of aryl methyl sites for hydroxylation is 1. The fourth-order valence-corrected chi connectivity index (χ4v) is 5.28. The van der Waals surface area contributed by atoms with E-state index in [2.05, 4.69) is 21.7 Å². The van der Waals surface area contributed by atoms with Crippen LogP contribution in [0.2, 0.25) is 0 Å². The lowest BCUT2D eigenvalue weighted by molar-refractivity contribution is -0.141. The van der Waals surface area contributed by atoms with E-state index in [9.17, 15) is 14.4 Å². The average molecular weight is 570 g/mol. The zero-order valence-electron chi connectivity index (χ0n) is 23.9. The first-order valence-corrected chi connectivity index (χ1v) is 14.1. The molecular weight excluding hydrogens is 534 g/mol. The van der Waals surface area contributed by atoms with E-state index < -0.39 is 12.0 Å². The Morgan fingerprint density at radius 1 is 1.10 bits per heavy atom. The minimum absolute atomic E-state index is 0.0609. The number of para-hydroxylation sites is 1. The summed E-state index contributed by atoms with van der Waals surface area (Å²) in [5, 5.41) is 11.4. The van der Waals surface area contributed by atoms with Gasteiger partial charge in [0.15, 0.2) is 0 Å². The quantitative estimate of drug-likeness (QED) is 0.274. The molecule has 1 N–H and O–H groups in total. The lowest BCUT2D eigenvalue weighted by atomic mass is 10.0. The second-order valence-corrected chi connectivity index (χ2v) is 10.5. The summed E-state index contributed by atoms with van der Waals surface area (Å²) in [4.78, 5) is 41.7. The molecule has 42 heavy (non-hydrogen) atoms. The molecule has 0 radical (unpaired) electrons. The van der Waals surface area contributed by atoms with Crippen molar-refractivity contribution < 1.29 is 23.9 Å². The van der Waals surface area contributed by atoms with Gasteiger partial charge >= 0.3 is 5.97 Å². The number of carbonyl (C=O) groups excluding carboxylic acids is 3. The first-order chi connectivity index (χ1) is 20.4.